The molecule has 0 saturated carbocycles. The Hall–Kier alpha value is -3.46. The zero-order valence-corrected chi connectivity index (χ0v) is 17.8. The number of fused-ring (bicyclic) bond motifs is 3. The van der Waals surface area contributed by atoms with Gasteiger partial charge in [0.05, 0.1) is 6.20 Å². The van der Waals surface area contributed by atoms with Crippen molar-refractivity contribution in [2.75, 3.05) is 39.0 Å². The van der Waals surface area contributed by atoms with E-state index in [0.717, 1.165) is 36.0 Å². The Labute approximate surface area is 180 Å². The monoisotopic (exact) mass is 421 g/mol. The Kier molecular flexibility index (Phi) is 6.13. The van der Waals surface area contributed by atoms with E-state index in [9.17, 15) is 9.59 Å². The van der Waals surface area contributed by atoms with Gasteiger partial charge < -0.3 is 20.4 Å². The highest BCUT2D eigenvalue weighted by molar-refractivity contribution is 5.97. The summed E-state index contributed by atoms with van der Waals surface area (Å²) in [6.07, 6.45) is 5.22. The van der Waals surface area contributed by atoms with Crippen molar-refractivity contribution in [1.29, 1.82) is 0 Å². The first-order valence-electron chi connectivity index (χ1n) is 10.4. The van der Waals surface area contributed by atoms with E-state index in [1.165, 1.54) is 5.56 Å². The lowest BCUT2D eigenvalue weighted by Gasteiger charge is -2.29. The number of nitrogens with zero attached hydrogens (tertiary/aromatic N) is 4. The Bertz CT molecular complexity index is 1090. The maximum Gasteiger partial charge on any atom is 0.322 e. The Morgan fingerprint density at radius 3 is 2.97 bits per heavy atom. The fourth-order valence-electron chi connectivity index (χ4n) is 3.77. The molecule has 1 aromatic carbocycles. The third-order valence-corrected chi connectivity index (χ3v) is 5.41. The second kappa shape index (κ2) is 9.13. The van der Waals surface area contributed by atoms with Gasteiger partial charge in [-0.05, 0) is 62.8 Å². The number of amides is 3. The average molecular weight is 422 g/mol. The van der Waals surface area contributed by atoms with Crippen molar-refractivity contribution in [3.8, 4) is 0 Å². The molecule has 1 aliphatic rings. The van der Waals surface area contributed by atoms with Gasteiger partial charge in [0.15, 0.2) is 5.65 Å². The van der Waals surface area contributed by atoms with Crippen molar-refractivity contribution in [2.24, 2.45) is 0 Å². The highest BCUT2D eigenvalue weighted by atomic mass is 16.2. The van der Waals surface area contributed by atoms with Crippen LogP contribution in [-0.4, -0.2) is 70.6 Å². The molecule has 9 nitrogen and oxygen atoms in total. The molecule has 2 aromatic heterocycles. The van der Waals surface area contributed by atoms with Crippen LogP contribution in [0.25, 0.3) is 11.0 Å². The number of benzene rings is 1. The average Bonchev–Trinajstić information content (AvgIpc) is 3.25. The summed E-state index contributed by atoms with van der Waals surface area (Å²) in [6.45, 7) is 2.62. The summed E-state index contributed by atoms with van der Waals surface area (Å²) >= 11 is 0. The van der Waals surface area contributed by atoms with E-state index in [1.807, 2.05) is 14.1 Å². The molecule has 4 rings (SSSR count). The highest BCUT2D eigenvalue weighted by Crippen LogP contribution is 2.25. The van der Waals surface area contributed by atoms with E-state index in [4.69, 9.17) is 0 Å². The largest absolute Gasteiger partial charge is 0.352 e. The first kappa shape index (κ1) is 20.8. The van der Waals surface area contributed by atoms with Gasteiger partial charge in [-0.3, -0.25) is 9.89 Å². The molecule has 3 aromatic rings. The normalized spacial score (nSPS) is 13.3. The molecular weight excluding hydrogens is 394 g/mol. The molecule has 0 unspecified atom stereocenters. The Morgan fingerprint density at radius 2 is 2.13 bits per heavy atom. The second-order valence-corrected chi connectivity index (χ2v) is 7.99. The van der Waals surface area contributed by atoms with Gasteiger partial charge in [-0.25, -0.2) is 9.78 Å². The van der Waals surface area contributed by atoms with E-state index < -0.39 is 0 Å². The number of aromatic amines is 1. The summed E-state index contributed by atoms with van der Waals surface area (Å²) in [7, 11) is 4.01. The molecule has 0 fully saturated rings. The van der Waals surface area contributed by atoms with E-state index >= 15 is 0 Å². The fraction of sp³-hybridized carbons (Fsp3) is 0.364. The molecule has 1 aliphatic heterocycles. The molecule has 31 heavy (non-hydrogen) atoms. The molecule has 0 spiro atoms. The van der Waals surface area contributed by atoms with Crippen molar-refractivity contribution in [1.82, 2.24) is 30.3 Å². The predicted octanol–water partition coefficient (Wildman–Crippen LogP) is 2.23. The molecule has 3 amide bonds. The topological polar surface area (TPSA) is 106 Å². The maximum atomic E-state index is 12.8. The van der Waals surface area contributed by atoms with Crippen LogP contribution in [0.4, 0.5) is 10.5 Å². The number of carbonyl (C=O) groups is 2. The molecule has 3 N–H and O–H groups in total. The molecule has 0 aliphatic carbocycles. The molecule has 0 saturated heterocycles. The third-order valence-electron chi connectivity index (χ3n) is 5.41. The van der Waals surface area contributed by atoms with Crippen LogP contribution in [0.3, 0.4) is 0 Å². The van der Waals surface area contributed by atoms with Crippen LogP contribution in [0.15, 0.2) is 36.7 Å². The third kappa shape index (κ3) is 4.83. The van der Waals surface area contributed by atoms with Gasteiger partial charge in [0.25, 0.3) is 5.91 Å². The van der Waals surface area contributed by atoms with Crippen LogP contribution in [0.1, 0.15) is 27.9 Å². The van der Waals surface area contributed by atoms with Gasteiger partial charge >= 0.3 is 6.03 Å². The van der Waals surface area contributed by atoms with Crippen molar-refractivity contribution in [3.63, 3.8) is 0 Å². The maximum absolute atomic E-state index is 12.8. The van der Waals surface area contributed by atoms with Gasteiger partial charge in [-0.15, -0.1) is 0 Å². The van der Waals surface area contributed by atoms with Gasteiger partial charge in [0.1, 0.15) is 0 Å². The molecular formula is C22H27N7O2. The number of hydrogen-bond acceptors (Lipinski definition) is 5. The summed E-state index contributed by atoms with van der Waals surface area (Å²) in [5, 5.41) is 13.8. The predicted molar refractivity (Wildman–Crippen MR) is 119 cm³/mol. The minimum absolute atomic E-state index is 0.142. The Balaban J connectivity index is 1.36. The van der Waals surface area contributed by atoms with E-state index in [1.54, 1.807) is 41.6 Å². The number of rotatable bonds is 6. The quantitative estimate of drug-likeness (QED) is 0.529. The summed E-state index contributed by atoms with van der Waals surface area (Å²) in [4.78, 5) is 33.4. The van der Waals surface area contributed by atoms with Crippen molar-refractivity contribution >= 4 is 28.7 Å². The molecule has 0 radical (unpaired) electrons. The number of carbonyl (C=O) groups excluding carboxylic acids is 2. The summed E-state index contributed by atoms with van der Waals surface area (Å²) in [5.41, 5.74) is 4.11. The van der Waals surface area contributed by atoms with Crippen LogP contribution < -0.4 is 10.6 Å². The summed E-state index contributed by atoms with van der Waals surface area (Å²) < 4.78 is 0. The molecule has 0 bridgehead atoms. The first-order chi connectivity index (χ1) is 15.0. The van der Waals surface area contributed by atoms with Crippen molar-refractivity contribution in [2.45, 2.75) is 19.4 Å². The van der Waals surface area contributed by atoms with E-state index in [0.29, 0.717) is 30.9 Å². The summed E-state index contributed by atoms with van der Waals surface area (Å²) in [6, 6.07) is 6.82. The van der Waals surface area contributed by atoms with Gasteiger partial charge in [-0.2, -0.15) is 5.10 Å². The molecule has 0 atom stereocenters. The standard InChI is InChI=1S/C22H27N7O2/c1-28(2)9-4-8-23-21(30)15-5-3-6-17(11-15)26-22(31)29-10-7-18-16(14-29)12-24-20-19(18)13-25-27-20/h3,5-6,11-13H,4,7-10,14H2,1-2H3,(H,23,30)(H,26,31)(H,24,25,27). The number of hydrogen-bond donors (Lipinski definition) is 3. The fourth-order valence-corrected chi connectivity index (χ4v) is 3.77. The lowest BCUT2D eigenvalue weighted by atomic mass is 9.99. The minimum Gasteiger partial charge on any atom is -0.352 e. The van der Waals surface area contributed by atoms with Crippen LogP contribution in [0, 0.1) is 0 Å². The lowest BCUT2D eigenvalue weighted by molar-refractivity contribution is 0.0952. The zero-order chi connectivity index (χ0) is 21.8. The number of H-pyrrole nitrogens is 1. The highest BCUT2D eigenvalue weighted by Gasteiger charge is 2.23. The number of aromatic nitrogens is 3. The molecule has 162 valence electrons. The number of anilines is 1. The van der Waals surface area contributed by atoms with Crippen LogP contribution >= 0.6 is 0 Å². The lowest BCUT2D eigenvalue weighted by Crippen LogP contribution is -2.39. The van der Waals surface area contributed by atoms with Crippen LogP contribution in [0.2, 0.25) is 0 Å². The van der Waals surface area contributed by atoms with Gasteiger partial charge in [-0.1, -0.05) is 6.07 Å². The van der Waals surface area contributed by atoms with E-state index in [2.05, 4.69) is 30.7 Å². The van der Waals surface area contributed by atoms with Crippen molar-refractivity contribution in [3.05, 3.63) is 53.3 Å². The number of urea groups is 1. The first-order valence-corrected chi connectivity index (χ1v) is 10.4. The molecule has 9 heteroatoms. The van der Waals surface area contributed by atoms with Crippen LogP contribution in [0.5, 0.6) is 0 Å². The number of nitrogens with one attached hydrogen (secondary N) is 3. The zero-order valence-electron chi connectivity index (χ0n) is 17.8. The smallest absolute Gasteiger partial charge is 0.322 e. The second-order valence-electron chi connectivity index (χ2n) is 7.99. The van der Waals surface area contributed by atoms with Crippen LogP contribution in [-0.2, 0) is 13.0 Å². The Morgan fingerprint density at radius 1 is 1.26 bits per heavy atom. The minimum atomic E-state index is -0.193. The van der Waals surface area contributed by atoms with Gasteiger partial charge in [0.2, 0.25) is 0 Å². The van der Waals surface area contributed by atoms with Crippen molar-refractivity contribution < 1.29 is 9.59 Å². The number of pyridine rings is 1. The van der Waals surface area contributed by atoms with Gasteiger partial charge in [0, 0.05) is 42.5 Å². The molecule has 3 heterocycles. The SMILES string of the molecule is CN(C)CCCNC(=O)c1cccc(NC(=O)N2CCc3c(cnc4[nH]ncc34)C2)c1. The summed E-state index contributed by atoms with van der Waals surface area (Å²) in [5.74, 6) is -0.142. The van der Waals surface area contributed by atoms with E-state index in [-0.39, 0.29) is 11.9 Å².